The summed E-state index contributed by atoms with van der Waals surface area (Å²) >= 11 is 3.31. The van der Waals surface area contributed by atoms with Crippen molar-refractivity contribution < 1.29 is 9.52 Å². The van der Waals surface area contributed by atoms with Gasteiger partial charge in [-0.25, -0.2) is 0 Å². The van der Waals surface area contributed by atoms with Crippen molar-refractivity contribution in [1.29, 1.82) is 0 Å². The van der Waals surface area contributed by atoms with Gasteiger partial charge in [0.1, 0.15) is 11.5 Å². The average Bonchev–Trinajstić information content (AvgIpc) is 2.87. The quantitative estimate of drug-likeness (QED) is 0.754. The first-order valence-electron chi connectivity index (χ1n) is 6.76. The van der Waals surface area contributed by atoms with Crippen molar-refractivity contribution in [1.82, 2.24) is 4.90 Å². The number of aromatic hydroxyl groups is 1. The fraction of sp³-hybridized carbons (Fsp3) is 0.176. The lowest BCUT2D eigenvalue weighted by atomic mass is 10.0. The van der Waals surface area contributed by atoms with Gasteiger partial charge in [-0.05, 0) is 51.9 Å². The fourth-order valence-corrected chi connectivity index (χ4v) is 2.86. The SMILES string of the molecule is CN(Cc1ccc(Br)o1)Cc1c(O)ccc2ccccc12. The Bertz CT molecular complexity index is 766. The number of benzene rings is 2. The Labute approximate surface area is 131 Å². The zero-order valence-corrected chi connectivity index (χ0v) is 13.3. The molecule has 0 amide bonds. The van der Waals surface area contributed by atoms with Crippen LogP contribution in [0.1, 0.15) is 11.3 Å². The lowest BCUT2D eigenvalue weighted by Gasteiger charge is -2.17. The second kappa shape index (κ2) is 5.92. The van der Waals surface area contributed by atoms with E-state index < -0.39 is 0 Å². The smallest absolute Gasteiger partial charge is 0.169 e. The van der Waals surface area contributed by atoms with Gasteiger partial charge in [0.05, 0.1) is 6.54 Å². The van der Waals surface area contributed by atoms with E-state index in [1.165, 1.54) is 0 Å². The van der Waals surface area contributed by atoms with Crippen LogP contribution in [0.3, 0.4) is 0 Å². The minimum absolute atomic E-state index is 0.334. The molecule has 0 bridgehead atoms. The summed E-state index contributed by atoms with van der Waals surface area (Å²) in [6.07, 6.45) is 0. The zero-order valence-electron chi connectivity index (χ0n) is 11.7. The second-order valence-electron chi connectivity index (χ2n) is 5.16. The summed E-state index contributed by atoms with van der Waals surface area (Å²) in [4.78, 5) is 2.12. The maximum Gasteiger partial charge on any atom is 0.169 e. The van der Waals surface area contributed by atoms with E-state index in [4.69, 9.17) is 4.42 Å². The van der Waals surface area contributed by atoms with Crippen LogP contribution in [0.25, 0.3) is 10.8 Å². The topological polar surface area (TPSA) is 36.6 Å². The minimum Gasteiger partial charge on any atom is -0.508 e. The van der Waals surface area contributed by atoms with Crippen LogP contribution in [0.4, 0.5) is 0 Å². The molecule has 0 fully saturated rings. The lowest BCUT2D eigenvalue weighted by molar-refractivity contribution is 0.282. The highest BCUT2D eigenvalue weighted by Gasteiger charge is 2.11. The molecule has 0 aliphatic carbocycles. The highest BCUT2D eigenvalue weighted by molar-refractivity contribution is 9.10. The van der Waals surface area contributed by atoms with Crippen LogP contribution >= 0.6 is 15.9 Å². The van der Waals surface area contributed by atoms with E-state index in [1.807, 2.05) is 43.4 Å². The second-order valence-corrected chi connectivity index (χ2v) is 5.94. The summed E-state index contributed by atoms with van der Waals surface area (Å²) < 4.78 is 6.26. The highest BCUT2D eigenvalue weighted by atomic mass is 79.9. The van der Waals surface area contributed by atoms with Gasteiger partial charge in [-0.2, -0.15) is 0 Å². The van der Waals surface area contributed by atoms with Crippen molar-refractivity contribution in [2.24, 2.45) is 0 Å². The van der Waals surface area contributed by atoms with E-state index in [1.54, 1.807) is 6.07 Å². The summed E-state index contributed by atoms with van der Waals surface area (Å²) in [5.74, 6) is 1.23. The molecule has 3 aromatic rings. The van der Waals surface area contributed by atoms with Gasteiger partial charge in [0.2, 0.25) is 0 Å². The van der Waals surface area contributed by atoms with E-state index in [2.05, 4.69) is 26.9 Å². The van der Waals surface area contributed by atoms with Gasteiger partial charge in [0.15, 0.2) is 4.67 Å². The van der Waals surface area contributed by atoms with Crippen molar-refractivity contribution in [2.75, 3.05) is 7.05 Å². The minimum atomic E-state index is 0.334. The Morgan fingerprint density at radius 3 is 2.62 bits per heavy atom. The molecule has 0 unspecified atom stereocenters. The number of furan rings is 1. The largest absolute Gasteiger partial charge is 0.508 e. The molecule has 108 valence electrons. The maximum atomic E-state index is 10.2. The van der Waals surface area contributed by atoms with Crippen LogP contribution < -0.4 is 0 Å². The Balaban J connectivity index is 1.85. The Kier molecular flexibility index (Phi) is 3.99. The van der Waals surface area contributed by atoms with Crippen molar-refractivity contribution in [3.63, 3.8) is 0 Å². The van der Waals surface area contributed by atoms with Gasteiger partial charge in [0.25, 0.3) is 0 Å². The van der Waals surface area contributed by atoms with Crippen LogP contribution in [-0.2, 0) is 13.1 Å². The molecule has 0 atom stereocenters. The molecule has 0 saturated heterocycles. The van der Waals surface area contributed by atoms with Crippen molar-refractivity contribution in [3.8, 4) is 5.75 Å². The fourth-order valence-electron chi connectivity index (χ4n) is 2.52. The van der Waals surface area contributed by atoms with Crippen molar-refractivity contribution in [3.05, 3.63) is 64.5 Å². The Hall–Kier alpha value is -1.78. The normalized spacial score (nSPS) is 11.4. The third-order valence-corrected chi connectivity index (χ3v) is 3.92. The van der Waals surface area contributed by atoms with Crippen LogP contribution in [-0.4, -0.2) is 17.1 Å². The lowest BCUT2D eigenvalue weighted by Crippen LogP contribution is -2.17. The van der Waals surface area contributed by atoms with Crippen LogP contribution in [0.5, 0.6) is 5.75 Å². The molecule has 1 aromatic heterocycles. The molecule has 3 nitrogen and oxygen atoms in total. The number of phenolic OH excluding ortho intramolecular Hbond substituents is 1. The summed E-state index contributed by atoms with van der Waals surface area (Å²) in [5, 5.41) is 12.4. The van der Waals surface area contributed by atoms with E-state index in [9.17, 15) is 5.11 Å². The molecular formula is C17H16BrNO2. The summed E-state index contributed by atoms with van der Waals surface area (Å²) in [6.45, 7) is 1.35. The van der Waals surface area contributed by atoms with Crippen LogP contribution in [0.2, 0.25) is 0 Å². The number of phenols is 1. The first-order chi connectivity index (χ1) is 10.1. The highest BCUT2D eigenvalue weighted by Crippen LogP contribution is 2.28. The standard InChI is InChI=1S/C17H16BrNO2/c1-19(10-13-7-9-17(18)21-13)11-15-14-5-3-2-4-12(14)6-8-16(15)20/h2-9,20H,10-11H2,1H3. The van der Waals surface area contributed by atoms with Gasteiger partial charge >= 0.3 is 0 Å². The molecule has 2 aromatic carbocycles. The van der Waals surface area contributed by atoms with Gasteiger partial charge in [-0.15, -0.1) is 0 Å². The van der Waals surface area contributed by atoms with Gasteiger partial charge < -0.3 is 9.52 Å². The average molecular weight is 346 g/mol. The molecule has 3 rings (SSSR count). The third-order valence-electron chi connectivity index (χ3n) is 3.50. The van der Waals surface area contributed by atoms with Gasteiger partial charge in [0, 0.05) is 12.1 Å². The molecule has 0 aliphatic rings. The third kappa shape index (κ3) is 3.12. The molecule has 0 spiro atoms. The predicted octanol–water partition coefficient (Wildman–Crippen LogP) is 4.53. The molecule has 0 aliphatic heterocycles. The molecule has 21 heavy (non-hydrogen) atoms. The van der Waals surface area contributed by atoms with Crippen LogP contribution in [0.15, 0.2) is 57.6 Å². The number of nitrogens with zero attached hydrogens (tertiary/aromatic N) is 1. The van der Waals surface area contributed by atoms with E-state index in [0.717, 1.165) is 26.8 Å². The molecule has 1 heterocycles. The molecule has 4 heteroatoms. The molecule has 0 radical (unpaired) electrons. The number of rotatable bonds is 4. The summed E-state index contributed by atoms with van der Waals surface area (Å²) in [7, 11) is 2.01. The van der Waals surface area contributed by atoms with E-state index >= 15 is 0 Å². The predicted molar refractivity (Wildman–Crippen MR) is 87.2 cm³/mol. The van der Waals surface area contributed by atoms with E-state index in [0.29, 0.717) is 18.8 Å². The number of fused-ring (bicyclic) bond motifs is 1. The first kappa shape index (κ1) is 14.2. The maximum absolute atomic E-state index is 10.2. The monoisotopic (exact) mass is 345 g/mol. The van der Waals surface area contributed by atoms with Crippen molar-refractivity contribution >= 4 is 26.7 Å². The molecular weight excluding hydrogens is 330 g/mol. The first-order valence-corrected chi connectivity index (χ1v) is 7.55. The number of halogens is 1. The Morgan fingerprint density at radius 2 is 1.86 bits per heavy atom. The van der Waals surface area contributed by atoms with Crippen LogP contribution in [0, 0.1) is 0 Å². The van der Waals surface area contributed by atoms with E-state index in [-0.39, 0.29) is 0 Å². The van der Waals surface area contributed by atoms with Gasteiger partial charge in [-0.3, -0.25) is 4.90 Å². The van der Waals surface area contributed by atoms with Crippen molar-refractivity contribution in [2.45, 2.75) is 13.1 Å². The molecule has 0 saturated carbocycles. The summed E-state index contributed by atoms with van der Waals surface area (Å²) in [5.41, 5.74) is 0.946. The van der Waals surface area contributed by atoms with Gasteiger partial charge in [-0.1, -0.05) is 30.3 Å². The summed E-state index contributed by atoms with van der Waals surface area (Å²) in [6, 6.07) is 15.6. The number of hydrogen-bond acceptors (Lipinski definition) is 3. The molecule has 1 N–H and O–H groups in total. The Morgan fingerprint density at radius 1 is 1.05 bits per heavy atom. The number of hydrogen-bond donors (Lipinski definition) is 1. The zero-order chi connectivity index (χ0) is 14.8.